The van der Waals surface area contributed by atoms with Crippen molar-refractivity contribution in [3.05, 3.63) is 94.0 Å². The molecular weight excluding hydrogens is 429 g/mol. The van der Waals surface area contributed by atoms with Crippen molar-refractivity contribution >= 4 is 22.8 Å². The van der Waals surface area contributed by atoms with E-state index in [1.165, 1.54) is 18.2 Å². The molecule has 4 nitrogen and oxygen atoms in total. The summed E-state index contributed by atoms with van der Waals surface area (Å²) in [4.78, 5) is 14.3. The molecule has 5 aliphatic heterocycles. The summed E-state index contributed by atoms with van der Waals surface area (Å²) in [6.07, 6.45) is 5.83. The van der Waals surface area contributed by atoms with Gasteiger partial charge in [0.2, 0.25) is 0 Å². The molecule has 5 aliphatic rings. The summed E-state index contributed by atoms with van der Waals surface area (Å²) < 4.78 is 101. The molecule has 0 aromatic rings. The topological polar surface area (TPSA) is 49.4 Å². The predicted molar refractivity (Wildman–Crippen MR) is 99.0 cm³/mol. The number of aliphatic imine (C=N–C) groups is 4. The van der Waals surface area contributed by atoms with E-state index in [-0.39, 0.29) is 17.1 Å². The van der Waals surface area contributed by atoms with Gasteiger partial charge in [0.15, 0.2) is 40.8 Å². The van der Waals surface area contributed by atoms with Crippen molar-refractivity contribution in [2.45, 2.75) is 0 Å². The third-order valence-electron chi connectivity index (χ3n) is 4.53. The number of hydrogen-bond donors (Lipinski definition) is 0. The van der Waals surface area contributed by atoms with E-state index in [4.69, 9.17) is 0 Å². The first kappa shape index (κ1) is 19.1. The van der Waals surface area contributed by atoms with E-state index in [0.29, 0.717) is 0 Å². The second-order valence-electron chi connectivity index (χ2n) is 6.50. The molecular formula is C20H5F7N4. The largest absolute Gasteiger partial charge is 0.249 e. The summed E-state index contributed by atoms with van der Waals surface area (Å²) in [5.74, 6) is -12.1. The molecule has 154 valence electrons. The molecule has 5 rings (SSSR count). The van der Waals surface area contributed by atoms with Crippen molar-refractivity contribution in [3.63, 3.8) is 0 Å². The van der Waals surface area contributed by atoms with E-state index in [1.807, 2.05) is 0 Å². The molecule has 0 radical (unpaired) electrons. The summed E-state index contributed by atoms with van der Waals surface area (Å²) in [6, 6.07) is 0. The van der Waals surface area contributed by atoms with Gasteiger partial charge in [-0.2, -0.15) is 0 Å². The fraction of sp³-hybridized carbons (Fsp3) is 0. The van der Waals surface area contributed by atoms with Crippen LogP contribution in [0.2, 0.25) is 0 Å². The minimum Gasteiger partial charge on any atom is -0.249 e. The molecule has 0 spiro atoms. The van der Waals surface area contributed by atoms with Crippen LogP contribution in [0.25, 0.3) is 0 Å². The van der Waals surface area contributed by atoms with Gasteiger partial charge in [-0.3, -0.25) is 0 Å². The van der Waals surface area contributed by atoms with E-state index in [1.54, 1.807) is 0 Å². The van der Waals surface area contributed by atoms with Crippen LogP contribution in [-0.4, -0.2) is 22.8 Å². The first-order valence-electron chi connectivity index (χ1n) is 8.50. The fourth-order valence-corrected chi connectivity index (χ4v) is 3.10. The number of hydrogen-bond acceptors (Lipinski definition) is 4. The number of fused-ring (bicyclic) bond motifs is 4. The van der Waals surface area contributed by atoms with Crippen molar-refractivity contribution in [1.82, 2.24) is 0 Å². The van der Waals surface area contributed by atoms with Crippen LogP contribution in [0.3, 0.4) is 0 Å². The Labute approximate surface area is 168 Å². The van der Waals surface area contributed by atoms with Crippen LogP contribution in [0, 0.1) is 0 Å². The number of allylic oxidation sites excluding steroid dienone is 12. The maximum atomic E-state index is 14.7. The lowest BCUT2D eigenvalue weighted by molar-refractivity contribution is 0.560. The zero-order valence-corrected chi connectivity index (χ0v) is 14.8. The molecule has 31 heavy (non-hydrogen) atoms. The third-order valence-corrected chi connectivity index (χ3v) is 4.53. The molecule has 0 N–H and O–H groups in total. The molecule has 0 atom stereocenters. The van der Waals surface area contributed by atoms with Gasteiger partial charge in [-0.25, -0.2) is 50.7 Å². The van der Waals surface area contributed by atoms with Crippen LogP contribution in [0.5, 0.6) is 0 Å². The molecule has 5 heterocycles. The SMILES string of the molecule is FC1=CC2=CC3=NC(=CC4=NC(=C(F)C5=NC(=C(F)C1=N2)C(F)=C5F)C(F)=C4F)C=C3. The maximum Gasteiger partial charge on any atom is 0.189 e. The van der Waals surface area contributed by atoms with Crippen molar-refractivity contribution in [1.29, 1.82) is 0 Å². The first-order chi connectivity index (χ1) is 14.7. The predicted octanol–water partition coefficient (Wildman–Crippen LogP) is 5.66. The van der Waals surface area contributed by atoms with Crippen LogP contribution >= 0.6 is 0 Å². The van der Waals surface area contributed by atoms with Crippen LogP contribution in [0.4, 0.5) is 30.7 Å². The second-order valence-corrected chi connectivity index (χ2v) is 6.50. The summed E-state index contributed by atoms with van der Waals surface area (Å²) in [5.41, 5.74) is -5.63. The summed E-state index contributed by atoms with van der Waals surface area (Å²) in [6.45, 7) is 0. The van der Waals surface area contributed by atoms with Gasteiger partial charge in [0.25, 0.3) is 0 Å². The normalized spacial score (nSPS) is 22.7. The quantitative estimate of drug-likeness (QED) is 0.442. The minimum atomic E-state index is -1.99. The van der Waals surface area contributed by atoms with Gasteiger partial charge >= 0.3 is 0 Å². The Morgan fingerprint density at radius 3 is 1.94 bits per heavy atom. The highest BCUT2D eigenvalue weighted by molar-refractivity contribution is 6.19. The molecule has 0 aliphatic carbocycles. The molecule has 0 fully saturated rings. The van der Waals surface area contributed by atoms with Gasteiger partial charge in [-0.05, 0) is 24.3 Å². The van der Waals surface area contributed by atoms with Gasteiger partial charge in [0.05, 0.1) is 17.1 Å². The smallest absolute Gasteiger partial charge is 0.189 e. The third kappa shape index (κ3) is 2.84. The van der Waals surface area contributed by atoms with E-state index < -0.39 is 69.3 Å². The van der Waals surface area contributed by atoms with Crippen molar-refractivity contribution in [3.8, 4) is 0 Å². The minimum absolute atomic E-state index is 0.0812. The van der Waals surface area contributed by atoms with Crippen molar-refractivity contribution in [2.24, 2.45) is 20.0 Å². The molecule has 0 aromatic carbocycles. The number of rotatable bonds is 0. The van der Waals surface area contributed by atoms with Crippen LogP contribution in [-0.2, 0) is 0 Å². The Morgan fingerprint density at radius 2 is 1.16 bits per heavy atom. The first-order valence-corrected chi connectivity index (χ1v) is 8.50. The standard InChI is InChI=1S/C20H5F7N4/c21-9-4-8-3-6-1-2-7(28-6)5-10-11(22)12(23)18(30-10)16(27)20-14(25)13(24)19(31-20)15(26)17(9)29-8/h1-5H. The lowest BCUT2D eigenvalue weighted by Gasteiger charge is -1.99. The molecule has 0 saturated heterocycles. The summed E-state index contributed by atoms with van der Waals surface area (Å²) in [7, 11) is 0. The average molecular weight is 434 g/mol. The van der Waals surface area contributed by atoms with Crippen LogP contribution < -0.4 is 0 Å². The maximum absolute atomic E-state index is 14.7. The zero-order valence-electron chi connectivity index (χ0n) is 14.8. The zero-order chi connectivity index (χ0) is 22.0. The summed E-state index contributed by atoms with van der Waals surface area (Å²) in [5, 5.41) is 0. The van der Waals surface area contributed by atoms with Crippen LogP contribution in [0.1, 0.15) is 0 Å². The molecule has 11 heteroatoms. The summed E-state index contributed by atoms with van der Waals surface area (Å²) >= 11 is 0. The lowest BCUT2D eigenvalue weighted by atomic mass is 10.2. The van der Waals surface area contributed by atoms with Crippen molar-refractivity contribution < 1.29 is 30.7 Å². The van der Waals surface area contributed by atoms with Gasteiger partial charge < -0.3 is 0 Å². The Bertz CT molecular complexity index is 1370. The molecule has 8 bridgehead atoms. The number of nitrogens with zero attached hydrogens (tertiary/aromatic N) is 4. The van der Waals surface area contributed by atoms with Gasteiger partial charge in [0, 0.05) is 6.08 Å². The fourth-order valence-electron chi connectivity index (χ4n) is 3.10. The highest BCUT2D eigenvalue weighted by atomic mass is 19.2. The van der Waals surface area contributed by atoms with Gasteiger partial charge in [-0.1, -0.05) is 0 Å². The Balaban J connectivity index is 1.81. The highest BCUT2D eigenvalue weighted by Gasteiger charge is 2.37. The highest BCUT2D eigenvalue weighted by Crippen LogP contribution is 2.39. The van der Waals surface area contributed by atoms with Gasteiger partial charge in [0.1, 0.15) is 28.5 Å². The molecule has 0 aromatic heterocycles. The van der Waals surface area contributed by atoms with E-state index in [9.17, 15) is 30.7 Å². The molecule has 0 unspecified atom stereocenters. The lowest BCUT2D eigenvalue weighted by Crippen LogP contribution is -2.01. The Hall–Kier alpha value is -3.89. The van der Waals surface area contributed by atoms with E-state index in [0.717, 1.165) is 12.2 Å². The van der Waals surface area contributed by atoms with Gasteiger partial charge in [-0.15, -0.1) is 0 Å². The average Bonchev–Trinajstić information content (AvgIpc) is 3.46. The Morgan fingerprint density at radius 1 is 0.484 bits per heavy atom. The Kier molecular flexibility index (Phi) is 4.04. The molecule has 0 amide bonds. The second kappa shape index (κ2) is 6.56. The van der Waals surface area contributed by atoms with E-state index in [2.05, 4.69) is 20.0 Å². The van der Waals surface area contributed by atoms with Crippen LogP contribution in [0.15, 0.2) is 114 Å². The molecule has 0 saturated carbocycles. The number of halogens is 7. The monoisotopic (exact) mass is 434 g/mol. The van der Waals surface area contributed by atoms with E-state index >= 15 is 0 Å². The van der Waals surface area contributed by atoms with Crippen molar-refractivity contribution in [2.75, 3.05) is 0 Å².